The van der Waals surface area contributed by atoms with Crippen LogP contribution in [0.5, 0.6) is 0 Å². The highest BCUT2D eigenvalue weighted by Crippen LogP contribution is 2.34. The molecule has 2 aromatic rings. The third kappa shape index (κ3) is 4.81. The average molecular weight is 410 g/mol. The zero-order valence-electron chi connectivity index (χ0n) is 18.4. The molecule has 2 atom stereocenters. The van der Waals surface area contributed by atoms with Crippen molar-refractivity contribution in [2.24, 2.45) is 0 Å². The molecule has 2 unspecified atom stereocenters. The minimum atomic E-state index is -0.959. The zero-order valence-corrected chi connectivity index (χ0v) is 18.4. The number of amides is 1. The molecule has 2 N–H and O–H groups in total. The molecule has 0 fully saturated rings. The maximum Gasteiger partial charge on any atom is 0.303 e. The van der Waals surface area contributed by atoms with E-state index in [1.807, 2.05) is 17.7 Å². The molecule has 1 aromatic heterocycles. The van der Waals surface area contributed by atoms with E-state index in [1.165, 1.54) is 11.1 Å². The molecule has 1 aliphatic rings. The lowest BCUT2D eigenvalue weighted by Crippen LogP contribution is -2.32. The van der Waals surface area contributed by atoms with Crippen LogP contribution in [0.15, 0.2) is 36.4 Å². The van der Waals surface area contributed by atoms with Crippen molar-refractivity contribution in [3.8, 4) is 5.69 Å². The van der Waals surface area contributed by atoms with E-state index >= 15 is 0 Å². The van der Waals surface area contributed by atoms with Gasteiger partial charge in [-0.3, -0.25) is 9.59 Å². The van der Waals surface area contributed by atoms with Crippen LogP contribution in [0.4, 0.5) is 0 Å². The molecular weight excluding hydrogens is 378 g/mol. The number of hydrogen-bond donors (Lipinski definition) is 2. The van der Waals surface area contributed by atoms with Gasteiger partial charge in [-0.1, -0.05) is 45.1 Å². The number of carboxylic acids is 1. The Balaban J connectivity index is 1.73. The lowest BCUT2D eigenvalue weighted by Gasteiger charge is -2.19. The number of carboxylic acid groups (broad SMARTS) is 1. The number of carbonyl (C=O) groups is 2. The van der Waals surface area contributed by atoms with E-state index in [-0.39, 0.29) is 36.1 Å². The van der Waals surface area contributed by atoms with Gasteiger partial charge in [-0.25, -0.2) is 4.68 Å². The Hall–Kier alpha value is -2.89. The van der Waals surface area contributed by atoms with Crippen LogP contribution in [-0.2, 0) is 15.0 Å². The van der Waals surface area contributed by atoms with Gasteiger partial charge in [-0.05, 0) is 43.4 Å². The van der Waals surface area contributed by atoms with Crippen LogP contribution in [0, 0.1) is 13.8 Å². The summed E-state index contributed by atoms with van der Waals surface area (Å²) in [6, 6.07) is 8.46. The zero-order chi connectivity index (χ0) is 22.1. The lowest BCUT2D eigenvalue weighted by atomic mass is 9.87. The van der Waals surface area contributed by atoms with Crippen LogP contribution in [0.25, 0.3) is 5.69 Å². The standard InChI is InChI=1S/C24H31N3O3/c1-15-23(17-6-9-19(14-17)25-21(28)12-13-22(29)30)16(2)27(26-15)20-10-7-18(8-11-20)24(3,4)5/h6-11,17,19H,12-14H2,1-5H3,(H,25,28)(H,29,30). The Kier molecular flexibility index (Phi) is 6.15. The number of carbonyl (C=O) groups excluding carboxylic acids is 1. The topological polar surface area (TPSA) is 84.2 Å². The predicted molar refractivity (Wildman–Crippen MR) is 117 cm³/mol. The van der Waals surface area contributed by atoms with Crippen LogP contribution < -0.4 is 5.32 Å². The number of nitrogens with one attached hydrogen (secondary N) is 1. The quantitative estimate of drug-likeness (QED) is 0.701. The second-order valence-corrected chi connectivity index (χ2v) is 9.09. The molecule has 30 heavy (non-hydrogen) atoms. The van der Waals surface area contributed by atoms with Crippen molar-refractivity contribution in [2.75, 3.05) is 0 Å². The maximum atomic E-state index is 11.9. The predicted octanol–water partition coefficient (Wildman–Crippen LogP) is 4.18. The van der Waals surface area contributed by atoms with E-state index in [4.69, 9.17) is 10.2 Å². The number of aromatic nitrogens is 2. The molecule has 0 saturated heterocycles. The molecular formula is C24H31N3O3. The van der Waals surface area contributed by atoms with Crippen LogP contribution in [-0.4, -0.2) is 32.8 Å². The van der Waals surface area contributed by atoms with Crippen LogP contribution in [0.2, 0.25) is 0 Å². The van der Waals surface area contributed by atoms with Crippen molar-refractivity contribution in [3.05, 3.63) is 58.9 Å². The number of aryl methyl sites for hydroxylation is 1. The summed E-state index contributed by atoms with van der Waals surface area (Å²) in [4.78, 5) is 22.6. The summed E-state index contributed by atoms with van der Waals surface area (Å²) in [6.45, 7) is 10.7. The summed E-state index contributed by atoms with van der Waals surface area (Å²) < 4.78 is 1.99. The second kappa shape index (κ2) is 8.46. The van der Waals surface area contributed by atoms with Crippen molar-refractivity contribution >= 4 is 11.9 Å². The highest BCUT2D eigenvalue weighted by molar-refractivity contribution is 5.81. The second-order valence-electron chi connectivity index (χ2n) is 9.09. The van der Waals surface area contributed by atoms with Gasteiger partial charge >= 0.3 is 5.97 Å². The highest BCUT2D eigenvalue weighted by atomic mass is 16.4. The number of benzene rings is 1. The Bertz CT molecular complexity index is 965. The van der Waals surface area contributed by atoms with Crippen molar-refractivity contribution in [1.82, 2.24) is 15.1 Å². The first-order valence-electron chi connectivity index (χ1n) is 10.4. The lowest BCUT2D eigenvalue weighted by molar-refractivity contribution is -0.138. The van der Waals surface area contributed by atoms with E-state index in [0.717, 1.165) is 23.5 Å². The first-order chi connectivity index (χ1) is 14.1. The summed E-state index contributed by atoms with van der Waals surface area (Å²) in [5.41, 5.74) is 5.71. The molecule has 1 heterocycles. The fourth-order valence-corrected chi connectivity index (χ4v) is 4.06. The molecule has 1 aromatic carbocycles. The Morgan fingerprint density at radius 1 is 1.13 bits per heavy atom. The van der Waals surface area contributed by atoms with Crippen molar-refractivity contribution < 1.29 is 14.7 Å². The summed E-state index contributed by atoms with van der Waals surface area (Å²) >= 11 is 0. The molecule has 0 saturated carbocycles. The van der Waals surface area contributed by atoms with Gasteiger partial charge in [0.1, 0.15) is 0 Å². The number of hydrogen-bond acceptors (Lipinski definition) is 3. The number of rotatable bonds is 6. The van der Waals surface area contributed by atoms with E-state index in [9.17, 15) is 9.59 Å². The summed E-state index contributed by atoms with van der Waals surface area (Å²) in [5, 5.41) is 16.4. The monoisotopic (exact) mass is 409 g/mol. The van der Waals surface area contributed by atoms with Crippen molar-refractivity contribution in [1.29, 1.82) is 0 Å². The third-order valence-corrected chi connectivity index (χ3v) is 5.69. The maximum absolute atomic E-state index is 11.9. The Morgan fingerprint density at radius 2 is 1.80 bits per heavy atom. The molecule has 160 valence electrons. The minimum Gasteiger partial charge on any atom is -0.481 e. The molecule has 0 bridgehead atoms. The van der Waals surface area contributed by atoms with Crippen LogP contribution in [0.3, 0.4) is 0 Å². The van der Waals surface area contributed by atoms with Gasteiger partial charge in [-0.2, -0.15) is 5.10 Å². The summed E-state index contributed by atoms with van der Waals surface area (Å²) in [5.74, 6) is -1.01. The van der Waals surface area contributed by atoms with Crippen molar-refractivity contribution in [3.63, 3.8) is 0 Å². The van der Waals surface area contributed by atoms with E-state index in [1.54, 1.807) is 0 Å². The highest BCUT2D eigenvalue weighted by Gasteiger charge is 2.27. The summed E-state index contributed by atoms with van der Waals surface area (Å²) in [7, 11) is 0. The van der Waals surface area contributed by atoms with Crippen molar-refractivity contribution in [2.45, 2.75) is 71.3 Å². The SMILES string of the molecule is Cc1nn(-c2ccc(C(C)(C)C)cc2)c(C)c1C1C=CC(NC(=O)CCC(=O)O)C1. The fourth-order valence-electron chi connectivity index (χ4n) is 4.06. The van der Waals surface area contributed by atoms with E-state index < -0.39 is 5.97 Å². The van der Waals surface area contributed by atoms with E-state index in [2.05, 4.69) is 63.4 Å². The number of nitrogens with zero attached hydrogens (tertiary/aromatic N) is 2. The molecule has 3 rings (SSSR count). The van der Waals surface area contributed by atoms with Gasteiger partial charge < -0.3 is 10.4 Å². The Labute approximate surface area is 178 Å². The van der Waals surface area contributed by atoms with Gasteiger partial charge in [0.05, 0.1) is 17.8 Å². The molecule has 1 aliphatic carbocycles. The minimum absolute atomic E-state index is 0.00485. The molecule has 6 heteroatoms. The average Bonchev–Trinajstić information content (AvgIpc) is 3.23. The molecule has 0 spiro atoms. The smallest absolute Gasteiger partial charge is 0.303 e. The first-order valence-corrected chi connectivity index (χ1v) is 10.4. The number of allylic oxidation sites excluding steroid dienone is 1. The molecule has 1 amide bonds. The number of aliphatic carboxylic acids is 1. The fraction of sp³-hybridized carbons (Fsp3) is 0.458. The third-order valence-electron chi connectivity index (χ3n) is 5.69. The molecule has 0 radical (unpaired) electrons. The van der Waals surface area contributed by atoms with Gasteiger partial charge in [0.25, 0.3) is 0 Å². The van der Waals surface area contributed by atoms with Gasteiger partial charge in [0.15, 0.2) is 0 Å². The van der Waals surface area contributed by atoms with Gasteiger partial charge in [0, 0.05) is 29.6 Å². The normalized spacial score (nSPS) is 18.6. The summed E-state index contributed by atoms with van der Waals surface area (Å²) in [6.07, 6.45) is 4.73. The largest absolute Gasteiger partial charge is 0.481 e. The van der Waals surface area contributed by atoms with E-state index in [0.29, 0.717) is 0 Å². The van der Waals surface area contributed by atoms with Crippen LogP contribution in [0.1, 0.15) is 68.5 Å². The first kappa shape index (κ1) is 21.8. The molecule has 0 aliphatic heterocycles. The Morgan fingerprint density at radius 3 is 2.40 bits per heavy atom. The molecule has 6 nitrogen and oxygen atoms in total. The van der Waals surface area contributed by atoms with Crippen LogP contribution >= 0.6 is 0 Å². The van der Waals surface area contributed by atoms with Gasteiger partial charge in [-0.15, -0.1) is 0 Å². The van der Waals surface area contributed by atoms with Gasteiger partial charge in [0.2, 0.25) is 5.91 Å².